The standard InChI is InChI=1S/C22H27NO3/c1-17-6-5-8-21(14-17)26-16-22(24)23-13-4-3-7-19(15-23)18-9-11-20(25-2)12-10-18/h5-6,8-12,14,19H,3-4,7,13,15-16H2,1-2H3. The van der Waals surface area contributed by atoms with Crippen LogP contribution in [0.5, 0.6) is 11.5 Å². The smallest absolute Gasteiger partial charge is 0.260 e. The summed E-state index contributed by atoms with van der Waals surface area (Å²) in [5.41, 5.74) is 2.40. The van der Waals surface area contributed by atoms with Crippen molar-refractivity contribution in [1.82, 2.24) is 4.90 Å². The summed E-state index contributed by atoms with van der Waals surface area (Å²) in [6.07, 6.45) is 3.29. The molecular formula is C22H27NO3. The predicted octanol–water partition coefficient (Wildman–Crippen LogP) is 4.18. The van der Waals surface area contributed by atoms with E-state index in [2.05, 4.69) is 12.1 Å². The molecule has 1 fully saturated rings. The molecule has 0 bridgehead atoms. The van der Waals surface area contributed by atoms with E-state index in [0.717, 1.165) is 49.4 Å². The van der Waals surface area contributed by atoms with Gasteiger partial charge in [-0.15, -0.1) is 0 Å². The minimum absolute atomic E-state index is 0.0620. The molecule has 26 heavy (non-hydrogen) atoms. The zero-order chi connectivity index (χ0) is 18.4. The largest absolute Gasteiger partial charge is 0.497 e. The highest BCUT2D eigenvalue weighted by Gasteiger charge is 2.23. The highest BCUT2D eigenvalue weighted by Crippen LogP contribution is 2.28. The molecule has 1 aliphatic heterocycles. The fraction of sp³-hybridized carbons (Fsp3) is 0.409. The number of rotatable bonds is 5. The SMILES string of the molecule is COc1ccc(C2CCCCN(C(=O)COc3cccc(C)c3)C2)cc1. The Hall–Kier alpha value is -2.49. The van der Waals surface area contributed by atoms with E-state index in [9.17, 15) is 4.79 Å². The Morgan fingerprint density at radius 1 is 1.12 bits per heavy atom. The first-order valence-corrected chi connectivity index (χ1v) is 9.27. The molecule has 0 N–H and O–H groups in total. The van der Waals surface area contributed by atoms with Crippen LogP contribution in [0.15, 0.2) is 48.5 Å². The minimum atomic E-state index is 0.0620. The third kappa shape index (κ3) is 4.78. The molecule has 1 aliphatic rings. The van der Waals surface area contributed by atoms with Crippen LogP contribution in [0.2, 0.25) is 0 Å². The van der Waals surface area contributed by atoms with Gasteiger partial charge < -0.3 is 14.4 Å². The van der Waals surface area contributed by atoms with E-state index in [0.29, 0.717) is 5.92 Å². The number of amides is 1. The van der Waals surface area contributed by atoms with Gasteiger partial charge in [-0.3, -0.25) is 4.79 Å². The van der Waals surface area contributed by atoms with Crippen molar-refractivity contribution >= 4 is 5.91 Å². The third-order valence-electron chi connectivity index (χ3n) is 4.96. The Balaban J connectivity index is 1.61. The van der Waals surface area contributed by atoms with Crippen molar-refractivity contribution in [2.45, 2.75) is 32.1 Å². The molecule has 138 valence electrons. The van der Waals surface area contributed by atoms with Crippen molar-refractivity contribution in [2.24, 2.45) is 0 Å². The molecule has 3 rings (SSSR count). The molecule has 1 atom stereocenters. The number of carbonyl (C=O) groups excluding carboxylic acids is 1. The lowest BCUT2D eigenvalue weighted by Crippen LogP contribution is -2.37. The van der Waals surface area contributed by atoms with Crippen LogP contribution in [0.3, 0.4) is 0 Å². The molecular weight excluding hydrogens is 326 g/mol. The van der Waals surface area contributed by atoms with Gasteiger partial charge in [0, 0.05) is 19.0 Å². The van der Waals surface area contributed by atoms with Gasteiger partial charge in [0.25, 0.3) is 5.91 Å². The van der Waals surface area contributed by atoms with Crippen LogP contribution < -0.4 is 9.47 Å². The summed E-state index contributed by atoms with van der Waals surface area (Å²) in [5.74, 6) is 2.04. The molecule has 0 aliphatic carbocycles. The molecule has 4 heteroatoms. The highest BCUT2D eigenvalue weighted by atomic mass is 16.5. The monoisotopic (exact) mass is 353 g/mol. The first-order chi connectivity index (χ1) is 12.7. The summed E-state index contributed by atoms with van der Waals surface area (Å²) in [7, 11) is 1.68. The molecule has 4 nitrogen and oxygen atoms in total. The van der Waals surface area contributed by atoms with Crippen LogP contribution in [-0.4, -0.2) is 37.6 Å². The van der Waals surface area contributed by atoms with E-state index in [1.54, 1.807) is 7.11 Å². The fourth-order valence-electron chi connectivity index (χ4n) is 3.46. The van der Waals surface area contributed by atoms with Crippen LogP contribution >= 0.6 is 0 Å². The van der Waals surface area contributed by atoms with Crippen molar-refractivity contribution in [1.29, 1.82) is 0 Å². The second-order valence-corrected chi connectivity index (χ2v) is 6.91. The van der Waals surface area contributed by atoms with E-state index in [-0.39, 0.29) is 12.5 Å². The van der Waals surface area contributed by atoms with E-state index >= 15 is 0 Å². The topological polar surface area (TPSA) is 38.8 Å². The van der Waals surface area contributed by atoms with Gasteiger partial charge in [-0.25, -0.2) is 0 Å². The van der Waals surface area contributed by atoms with Crippen LogP contribution in [0.25, 0.3) is 0 Å². The maximum absolute atomic E-state index is 12.7. The summed E-state index contributed by atoms with van der Waals surface area (Å²) < 4.78 is 10.9. The lowest BCUT2D eigenvalue weighted by Gasteiger charge is -2.25. The average Bonchev–Trinajstić information content (AvgIpc) is 2.93. The minimum Gasteiger partial charge on any atom is -0.497 e. The predicted molar refractivity (Wildman–Crippen MR) is 103 cm³/mol. The third-order valence-corrected chi connectivity index (χ3v) is 4.96. The van der Waals surface area contributed by atoms with Crippen molar-refractivity contribution < 1.29 is 14.3 Å². The number of hydrogen-bond acceptors (Lipinski definition) is 3. The molecule has 1 saturated heterocycles. The zero-order valence-electron chi connectivity index (χ0n) is 15.6. The van der Waals surface area contributed by atoms with E-state index in [1.807, 2.05) is 48.2 Å². The lowest BCUT2D eigenvalue weighted by atomic mass is 9.94. The summed E-state index contributed by atoms with van der Waals surface area (Å²) in [6.45, 7) is 3.67. The Morgan fingerprint density at radius 3 is 2.65 bits per heavy atom. The average molecular weight is 353 g/mol. The molecule has 0 radical (unpaired) electrons. The molecule has 2 aromatic carbocycles. The number of aryl methyl sites for hydroxylation is 1. The maximum atomic E-state index is 12.7. The summed E-state index contributed by atoms with van der Waals surface area (Å²) in [4.78, 5) is 14.6. The fourth-order valence-corrected chi connectivity index (χ4v) is 3.46. The molecule has 1 heterocycles. The van der Waals surface area contributed by atoms with E-state index in [4.69, 9.17) is 9.47 Å². The molecule has 1 amide bonds. The van der Waals surface area contributed by atoms with Crippen molar-refractivity contribution in [3.8, 4) is 11.5 Å². The quantitative estimate of drug-likeness (QED) is 0.809. The van der Waals surface area contributed by atoms with Crippen LogP contribution in [0.1, 0.15) is 36.3 Å². The second-order valence-electron chi connectivity index (χ2n) is 6.91. The number of benzene rings is 2. The van der Waals surface area contributed by atoms with Gasteiger partial charge in [0.05, 0.1) is 7.11 Å². The normalized spacial score (nSPS) is 17.5. The Labute approximate surface area is 155 Å². The van der Waals surface area contributed by atoms with Gasteiger partial charge >= 0.3 is 0 Å². The molecule has 1 unspecified atom stereocenters. The summed E-state index contributed by atoms with van der Waals surface area (Å²) in [6, 6.07) is 16.0. The van der Waals surface area contributed by atoms with Gasteiger partial charge in [0.2, 0.25) is 0 Å². The highest BCUT2D eigenvalue weighted by molar-refractivity contribution is 5.78. The number of methoxy groups -OCH3 is 1. The van der Waals surface area contributed by atoms with Crippen LogP contribution in [0.4, 0.5) is 0 Å². The number of likely N-dealkylation sites (tertiary alicyclic amines) is 1. The number of hydrogen-bond donors (Lipinski definition) is 0. The molecule has 0 aromatic heterocycles. The number of carbonyl (C=O) groups is 1. The van der Waals surface area contributed by atoms with Gasteiger partial charge in [0.15, 0.2) is 6.61 Å². The number of nitrogens with zero attached hydrogens (tertiary/aromatic N) is 1. The zero-order valence-corrected chi connectivity index (χ0v) is 15.6. The van der Waals surface area contributed by atoms with Crippen LogP contribution in [0, 0.1) is 6.92 Å². The summed E-state index contributed by atoms with van der Waals surface area (Å²) >= 11 is 0. The van der Waals surface area contributed by atoms with Crippen LogP contribution in [-0.2, 0) is 4.79 Å². The lowest BCUT2D eigenvalue weighted by molar-refractivity contribution is -0.133. The first kappa shape index (κ1) is 18.3. The molecule has 2 aromatic rings. The Bertz CT molecular complexity index is 726. The van der Waals surface area contributed by atoms with Crippen molar-refractivity contribution in [3.05, 3.63) is 59.7 Å². The molecule has 0 saturated carbocycles. The number of ether oxygens (including phenoxy) is 2. The van der Waals surface area contributed by atoms with Gasteiger partial charge in [-0.05, 0) is 55.2 Å². The van der Waals surface area contributed by atoms with Crippen molar-refractivity contribution in [2.75, 3.05) is 26.8 Å². The first-order valence-electron chi connectivity index (χ1n) is 9.27. The summed E-state index contributed by atoms with van der Waals surface area (Å²) in [5, 5.41) is 0. The van der Waals surface area contributed by atoms with E-state index < -0.39 is 0 Å². The van der Waals surface area contributed by atoms with Gasteiger partial charge in [0.1, 0.15) is 11.5 Å². The maximum Gasteiger partial charge on any atom is 0.260 e. The molecule has 0 spiro atoms. The van der Waals surface area contributed by atoms with Crippen molar-refractivity contribution in [3.63, 3.8) is 0 Å². The van der Waals surface area contributed by atoms with E-state index in [1.165, 1.54) is 5.56 Å². The van der Waals surface area contributed by atoms with Gasteiger partial charge in [-0.2, -0.15) is 0 Å². The van der Waals surface area contributed by atoms with Gasteiger partial charge in [-0.1, -0.05) is 30.7 Å². The second kappa shape index (κ2) is 8.75. The Kier molecular flexibility index (Phi) is 6.16. The Morgan fingerprint density at radius 2 is 1.92 bits per heavy atom.